The van der Waals surface area contributed by atoms with Gasteiger partial charge in [0.15, 0.2) is 0 Å². The summed E-state index contributed by atoms with van der Waals surface area (Å²) in [7, 11) is 0. The van der Waals surface area contributed by atoms with Crippen LogP contribution >= 0.6 is 0 Å². The van der Waals surface area contributed by atoms with E-state index in [9.17, 15) is 9.90 Å². The van der Waals surface area contributed by atoms with Gasteiger partial charge in [-0.2, -0.15) is 0 Å². The van der Waals surface area contributed by atoms with E-state index in [1.54, 1.807) is 0 Å². The summed E-state index contributed by atoms with van der Waals surface area (Å²) < 4.78 is 5.54. The largest absolute Gasteiger partial charge is 0.393 e. The van der Waals surface area contributed by atoms with Crippen molar-refractivity contribution in [1.82, 2.24) is 10.2 Å². The molecule has 2 rings (SSSR count). The average Bonchev–Trinajstić information content (AvgIpc) is 3.26. The van der Waals surface area contributed by atoms with Crippen LogP contribution in [0.1, 0.15) is 39.0 Å². The van der Waals surface area contributed by atoms with Gasteiger partial charge in [-0.3, -0.25) is 0 Å². The minimum atomic E-state index is -0.332. The maximum atomic E-state index is 12.0. The third-order valence-corrected chi connectivity index (χ3v) is 4.22. The van der Waals surface area contributed by atoms with Crippen molar-refractivity contribution in [2.24, 2.45) is 11.8 Å². The zero-order valence-corrected chi connectivity index (χ0v) is 12.5. The van der Waals surface area contributed by atoms with E-state index in [0.717, 1.165) is 44.9 Å². The second-order valence-electron chi connectivity index (χ2n) is 6.19. The fourth-order valence-corrected chi connectivity index (χ4v) is 2.60. The van der Waals surface area contributed by atoms with Crippen LogP contribution < -0.4 is 5.32 Å². The van der Waals surface area contributed by atoms with Gasteiger partial charge in [-0.05, 0) is 44.9 Å². The van der Waals surface area contributed by atoms with E-state index in [-0.39, 0.29) is 18.1 Å². The molecule has 1 saturated carbocycles. The van der Waals surface area contributed by atoms with Gasteiger partial charge in [-0.1, -0.05) is 0 Å². The maximum absolute atomic E-state index is 12.0. The highest BCUT2D eigenvalue weighted by atomic mass is 16.5. The van der Waals surface area contributed by atoms with Crippen molar-refractivity contribution in [1.29, 1.82) is 0 Å². The average molecular weight is 284 g/mol. The summed E-state index contributed by atoms with van der Waals surface area (Å²) in [6, 6.07) is -0.00228. The Hall–Kier alpha value is -0.810. The van der Waals surface area contributed by atoms with Gasteiger partial charge in [0.2, 0.25) is 0 Å². The first-order chi connectivity index (χ1) is 9.66. The highest BCUT2D eigenvalue weighted by Crippen LogP contribution is 2.28. The number of amides is 2. The second kappa shape index (κ2) is 7.84. The smallest absolute Gasteiger partial charge is 0.317 e. The molecule has 2 unspecified atom stereocenters. The number of nitrogens with zero attached hydrogens (tertiary/aromatic N) is 1. The normalized spacial score (nSPS) is 24.5. The Kier molecular flexibility index (Phi) is 6.10. The van der Waals surface area contributed by atoms with E-state index in [1.807, 2.05) is 11.8 Å². The van der Waals surface area contributed by atoms with Gasteiger partial charge in [-0.25, -0.2) is 4.79 Å². The predicted molar refractivity (Wildman–Crippen MR) is 77.5 cm³/mol. The lowest BCUT2D eigenvalue weighted by molar-refractivity contribution is 0.0736. The number of piperidine rings is 1. The molecular weight excluding hydrogens is 256 g/mol. The monoisotopic (exact) mass is 284 g/mol. The van der Waals surface area contributed by atoms with Crippen molar-refractivity contribution in [3.05, 3.63) is 0 Å². The predicted octanol–water partition coefficient (Wildman–Crippen LogP) is 1.61. The van der Waals surface area contributed by atoms with Gasteiger partial charge < -0.3 is 20.1 Å². The highest BCUT2D eigenvalue weighted by Gasteiger charge is 2.26. The molecule has 2 N–H and O–H groups in total. The number of carbonyl (C=O) groups excluding carboxylic acids is 1. The molecule has 2 amide bonds. The van der Waals surface area contributed by atoms with Crippen molar-refractivity contribution < 1.29 is 14.6 Å². The Morgan fingerprint density at radius 1 is 1.45 bits per heavy atom. The molecule has 2 aliphatic rings. The molecular formula is C15H28N2O3. The number of rotatable bonds is 7. The van der Waals surface area contributed by atoms with Crippen molar-refractivity contribution in [3.63, 3.8) is 0 Å². The van der Waals surface area contributed by atoms with Crippen LogP contribution in [0.25, 0.3) is 0 Å². The quantitative estimate of drug-likeness (QED) is 0.698. The third kappa shape index (κ3) is 5.29. The van der Waals surface area contributed by atoms with Gasteiger partial charge >= 0.3 is 6.03 Å². The van der Waals surface area contributed by atoms with E-state index < -0.39 is 0 Å². The van der Waals surface area contributed by atoms with Crippen LogP contribution in [0.5, 0.6) is 0 Å². The molecule has 116 valence electrons. The molecule has 0 aromatic heterocycles. The minimum absolute atomic E-state index is 0.00228. The molecule has 0 bridgehead atoms. The van der Waals surface area contributed by atoms with Crippen LogP contribution in [0.4, 0.5) is 4.79 Å². The number of hydrogen-bond donors (Lipinski definition) is 2. The second-order valence-corrected chi connectivity index (χ2v) is 6.19. The zero-order valence-electron chi connectivity index (χ0n) is 12.5. The summed E-state index contributed by atoms with van der Waals surface area (Å²) in [5, 5.41) is 12.6. The molecule has 1 aliphatic carbocycles. The fraction of sp³-hybridized carbons (Fsp3) is 0.933. The van der Waals surface area contributed by atoms with Crippen molar-refractivity contribution in [2.45, 2.75) is 45.1 Å². The first-order valence-electron chi connectivity index (χ1n) is 7.95. The summed E-state index contributed by atoms with van der Waals surface area (Å²) in [5.74, 6) is 1.02. The van der Waals surface area contributed by atoms with Crippen LogP contribution in [0.15, 0.2) is 0 Å². The van der Waals surface area contributed by atoms with E-state index >= 15 is 0 Å². The van der Waals surface area contributed by atoms with Crippen molar-refractivity contribution >= 4 is 6.03 Å². The Labute approximate surface area is 121 Å². The summed E-state index contributed by atoms with van der Waals surface area (Å²) in [5.41, 5.74) is 0. The molecule has 2 fully saturated rings. The SMILES string of the molecule is CC(O)C1CCCN(C(=O)NCCCOCC2CC2)C1. The molecule has 1 heterocycles. The van der Waals surface area contributed by atoms with E-state index in [4.69, 9.17) is 4.74 Å². The number of aliphatic hydroxyl groups excluding tert-OH is 1. The van der Waals surface area contributed by atoms with E-state index in [0.29, 0.717) is 13.1 Å². The molecule has 1 saturated heterocycles. The molecule has 5 heteroatoms. The van der Waals surface area contributed by atoms with Gasteiger partial charge in [0.05, 0.1) is 6.10 Å². The lowest BCUT2D eigenvalue weighted by atomic mass is 9.94. The number of carbonyl (C=O) groups is 1. The number of likely N-dealkylation sites (tertiary alicyclic amines) is 1. The van der Waals surface area contributed by atoms with Crippen LogP contribution in [-0.2, 0) is 4.74 Å². The first-order valence-corrected chi connectivity index (χ1v) is 7.95. The molecule has 5 nitrogen and oxygen atoms in total. The number of nitrogens with one attached hydrogen (secondary N) is 1. The van der Waals surface area contributed by atoms with E-state index in [1.165, 1.54) is 12.8 Å². The Morgan fingerprint density at radius 2 is 2.25 bits per heavy atom. The molecule has 0 aromatic rings. The Bertz CT molecular complexity index is 305. The molecule has 0 aromatic carbocycles. The topological polar surface area (TPSA) is 61.8 Å². The standard InChI is InChI=1S/C15H28N2O3/c1-12(18)14-4-2-8-17(10-14)15(19)16-7-3-9-20-11-13-5-6-13/h12-14,18H,2-11H2,1H3,(H,16,19). The summed E-state index contributed by atoms with van der Waals surface area (Å²) >= 11 is 0. The van der Waals surface area contributed by atoms with Crippen LogP contribution in [0.3, 0.4) is 0 Å². The summed E-state index contributed by atoms with van der Waals surface area (Å²) in [4.78, 5) is 13.8. The fourth-order valence-electron chi connectivity index (χ4n) is 2.60. The number of urea groups is 1. The number of hydrogen-bond acceptors (Lipinski definition) is 3. The lowest BCUT2D eigenvalue weighted by Crippen LogP contribution is -2.47. The Morgan fingerprint density at radius 3 is 2.95 bits per heavy atom. The van der Waals surface area contributed by atoms with Crippen molar-refractivity contribution in [2.75, 3.05) is 32.8 Å². The van der Waals surface area contributed by atoms with Gasteiger partial charge in [0.1, 0.15) is 0 Å². The maximum Gasteiger partial charge on any atom is 0.317 e. The molecule has 20 heavy (non-hydrogen) atoms. The Balaban J connectivity index is 1.54. The van der Waals surface area contributed by atoms with E-state index in [2.05, 4.69) is 5.32 Å². The van der Waals surface area contributed by atoms with Crippen molar-refractivity contribution in [3.8, 4) is 0 Å². The molecule has 1 aliphatic heterocycles. The molecule has 0 spiro atoms. The zero-order chi connectivity index (χ0) is 14.4. The van der Waals surface area contributed by atoms with Crippen LogP contribution in [0.2, 0.25) is 0 Å². The highest BCUT2D eigenvalue weighted by molar-refractivity contribution is 5.74. The molecule has 2 atom stereocenters. The van der Waals surface area contributed by atoms with Gasteiger partial charge in [0, 0.05) is 38.8 Å². The number of ether oxygens (including phenoxy) is 1. The van der Waals surface area contributed by atoms with Crippen LogP contribution in [-0.4, -0.2) is 55.0 Å². The summed E-state index contributed by atoms with van der Waals surface area (Å²) in [6.07, 6.45) is 5.16. The lowest BCUT2D eigenvalue weighted by Gasteiger charge is -2.34. The minimum Gasteiger partial charge on any atom is -0.393 e. The number of aliphatic hydroxyl groups is 1. The van der Waals surface area contributed by atoms with Gasteiger partial charge in [0.25, 0.3) is 0 Å². The van der Waals surface area contributed by atoms with Gasteiger partial charge in [-0.15, -0.1) is 0 Å². The molecule has 0 radical (unpaired) electrons. The van der Waals surface area contributed by atoms with Crippen LogP contribution in [0, 0.1) is 11.8 Å². The third-order valence-electron chi connectivity index (χ3n) is 4.22. The summed E-state index contributed by atoms with van der Waals surface area (Å²) in [6.45, 7) is 5.56. The first kappa shape index (κ1) is 15.6.